The number of esters is 1. The number of carbonyl (C=O) groups excluding carboxylic acids is 2. The van der Waals surface area contributed by atoms with E-state index in [0.29, 0.717) is 20.6 Å². The number of ketones is 1. The average molecular weight is 477 g/mol. The number of carbonyl (C=O) groups is 2. The summed E-state index contributed by atoms with van der Waals surface area (Å²) in [5.74, 6) is -0.0861. The molecule has 0 heterocycles. The Morgan fingerprint density at radius 2 is 1.85 bits per heavy atom. The number of rotatable bonds is 11. The second-order valence-electron chi connectivity index (χ2n) is 5.19. The van der Waals surface area contributed by atoms with Crippen LogP contribution in [-0.2, 0) is 23.8 Å². The van der Waals surface area contributed by atoms with Crippen LogP contribution in [0.25, 0.3) is 0 Å². The van der Waals surface area contributed by atoms with Crippen molar-refractivity contribution in [3.05, 3.63) is 33.4 Å². The van der Waals surface area contributed by atoms with Gasteiger partial charge in [0, 0.05) is 22.0 Å². The molecule has 0 fully saturated rings. The van der Waals surface area contributed by atoms with Gasteiger partial charge < -0.3 is 24.3 Å². The zero-order valence-corrected chi connectivity index (χ0v) is 17.5. The Labute approximate surface area is 167 Å². The van der Waals surface area contributed by atoms with Gasteiger partial charge in [-0.3, -0.25) is 4.79 Å². The Kier molecular flexibility index (Phi) is 10.2. The standard InChI is InChI=1S/C18H24INO6/c1-5-26-18(22)17(20-13-6-8-14(24-4)9-7-13)16(12(2)21)15(19)10-25-11-23-3/h6-9,17,20H,5,10-11H2,1-4H3/b16-15-. The summed E-state index contributed by atoms with van der Waals surface area (Å²) in [5, 5.41) is 3.07. The SMILES string of the molecule is CCOC(=O)C(Nc1ccc(OC)cc1)/C(C(C)=O)=C(\I)COCOC. The number of nitrogens with one attached hydrogen (secondary N) is 1. The summed E-state index contributed by atoms with van der Waals surface area (Å²) in [4.78, 5) is 24.7. The van der Waals surface area contributed by atoms with Gasteiger partial charge in [-0.2, -0.15) is 0 Å². The summed E-state index contributed by atoms with van der Waals surface area (Å²) in [6.45, 7) is 3.58. The molecule has 0 aliphatic carbocycles. The van der Waals surface area contributed by atoms with Crippen LogP contribution >= 0.6 is 22.6 Å². The van der Waals surface area contributed by atoms with Gasteiger partial charge in [0.15, 0.2) is 11.8 Å². The molecule has 0 aromatic heterocycles. The van der Waals surface area contributed by atoms with E-state index in [1.807, 2.05) is 22.6 Å². The maximum absolute atomic E-state index is 12.5. The fraction of sp³-hybridized carbons (Fsp3) is 0.444. The van der Waals surface area contributed by atoms with E-state index in [4.69, 9.17) is 18.9 Å². The zero-order chi connectivity index (χ0) is 19.5. The quantitative estimate of drug-likeness (QED) is 0.173. The van der Waals surface area contributed by atoms with E-state index in [1.165, 1.54) is 14.0 Å². The van der Waals surface area contributed by atoms with Gasteiger partial charge in [0.2, 0.25) is 0 Å². The minimum Gasteiger partial charge on any atom is -0.497 e. The van der Waals surface area contributed by atoms with Crippen LogP contribution in [0.2, 0.25) is 0 Å². The topological polar surface area (TPSA) is 83.1 Å². The van der Waals surface area contributed by atoms with Crippen LogP contribution in [0.3, 0.4) is 0 Å². The van der Waals surface area contributed by atoms with Crippen LogP contribution < -0.4 is 10.1 Å². The first-order valence-corrected chi connectivity index (χ1v) is 9.05. The van der Waals surface area contributed by atoms with Gasteiger partial charge in [0.25, 0.3) is 0 Å². The smallest absolute Gasteiger partial charge is 0.333 e. The van der Waals surface area contributed by atoms with E-state index in [2.05, 4.69) is 5.32 Å². The normalized spacial score (nSPS) is 12.8. The predicted molar refractivity (Wildman–Crippen MR) is 107 cm³/mol. The van der Waals surface area contributed by atoms with Gasteiger partial charge in [-0.1, -0.05) is 0 Å². The molecular weight excluding hydrogens is 453 g/mol. The van der Waals surface area contributed by atoms with Gasteiger partial charge in [0.1, 0.15) is 12.5 Å². The average Bonchev–Trinajstić information content (AvgIpc) is 2.62. The van der Waals surface area contributed by atoms with E-state index in [0.717, 1.165) is 0 Å². The largest absolute Gasteiger partial charge is 0.497 e. The number of anilines is 1. The van der Waals surface area contributed by atoms with E-state index in [1.54, 1.807) is 38.3 Å². The van der Waals surface area contributed by atoms with Crippen molar-refractivity contribution < 1.29 is 28.5 Å². The van der Waals surface area contributed by atoms with Crippen LogP contribution in [0.15, 0.2) is 33.4 Å². The van der Waals surface area contributed by atoms with E-state index < -0.39 is 12.0 Å². The summed E-state index contributed by atoms with van der Waals surface area (Å²) >= 11 is 2.00. The second kappa shape index (κ2) is 11.9. The number of Topliss-reactive ketones (excluding diaryl/α,β-unsaturated/α-hetero) is 1. The van der Waals surface area contributed by atoms with Gasteiger partial charge >= 0.3 is 5.97 Å². The highest BCUT2D eigenvalue weighted by Crippen LogP contribution is 2.23. The summed E-state index contributed by atoms with van der Waals surface area (Å²) in [6, 6.07) is 6.09. The molecule has 0 saturated heterocycles. The molecular formula is C18H24INO6. The van der Waals surface area contributed by atoms with Gasteiger partial charge in [-0.05, 0) is 60.7 Å². The van der Waals surface area contributed by atoms with Gasteiger partial charge in [-0.25, -0.2) is 4.79 Å². The Hall–Kier alpha value is -1.65. The second-order valence-corrected chi connectivity index (χ2v) is 6.49. The van der Waals surface area contributed by atoms with Crippen molar-refractivity contribution in [1.29, 1.82) is 0 Å². The maximum Gasteiger partial charge on any atom is 0.333 e. The third-order valence-electron chi connectivity index (χ3n) is 3.31. The molecule has 0 saturated carbocycles. The van der Waals surface area contributed by atoms with E-state index in [-0.39, 0.29) is 25.8 Å². The minimum absolute atomic E-state index is 0.0909. The third kappa shape index (κ3) is 6.93. The van der Waals surface area contributed by atoms with E-state index >= 15 is 0 Å². The Morgan fingerprint density at radius 3 is 2.35 bits per heavy atom. The lowest BCUT2D eigenvalue weighted by Gasteiger charge is -2.21. The summed E-state index contributed by atoms with van der Waals surface area (Å²) < 4.78 is 21.0. The lowest BCUT2D eigenvalue weighted by Crippen LogP contribution is -2.36. The van der Waals surface area contributed by atoms with Crippen LogP contribution in [0.4, 0.5) is 5.69 Å². The van der Waals surface area contributed by atoms with Crippen molar-refractivity contribution in [1.82, 2.24) is 0 Å². The van der Waals surface area contributed by atoms with Crippen molar-refractivity contribution in [3.63, 3.8) is 0 Å². The summed E-state index contributed by atoms with van der Waals surface area (Å²) in [7, 11) is 3.08. The molecule has 0 spiro atoms. The highest BCUT2D eigenvalue weighted by Gasteiger charge is 2.29. The van der Waals surface area contributed by atoms with Gasteiger partial charge in [0.05, 0.1) is 20.3 Å². The molecule has 0 radical (unpaired) electrons. The van der Waals surface area contributed by atoms with Crippen LogP contribution in [0.5, 0.6) is 5.75 Å². The molecule has 7 nitrogen and oxygen atoms in total. The van der Waals surface area contributed by atoms with Crippen molar-refractivity contribution in [2.24, 2.45) is 0 Å². The van der Waals surface area contributed by atoms with Crippen LogP contribution in [0, 0.1) is 0 Å². The fourth-order valence-electron chi connectivity index (χ4n) is 2.17. The van der Waals surface area contributed by atoms with Crippen LogP contribution in [-0.4, -0.2) is 52.0 Å². The molecule has 1 N–H and O–H groups in total. The maximum atomic E-state index is 12.5. The molecule has 0 aliphatic heterocycles. The molecule has 0 aliphatic rings. The fourth-order valence-corrected chi connectivity index (χ4v) is 3.08. The Morgan fingerprint density at radius 1 is 1.19 bits per heavy atom. The van der Waals surface area contributed by atoms with E-state index in [9.17, 15) is 9.59 Å². The molecule has 0 amide bonds. The summed E-state index contributed by atoms with van der Waals surface area (Å²) in [5.41, 5.74) is 0.959. The van der Waals surface area contributed by atoms with Crippen molar-refractivity contribution in [3.8, 4) is 5.75 Å². The Balaban J connectivity index is 3.16. The zero-order valence-electron chi connectivity index (χ0n) is 15.3. The van der Waals surface area contributed by atoms with Gasteiger partial charge in [-0.15, -0.1) is 0 Å². The molecule has 1 atom stereocenters. The number of benzene rings is 1. The van der Waals surface area contributed by atoms with Crippen molar-refractivity contribution in [2.75, 3.05) is 39.5 Å². The molecule has 8 heteroatoms. The molecule has 1 rings (SSSR count). The molecule has 144 valence electrons. The third-order valence-corrected chi connectivity index (χ3v) is 4.21. The molecule has 1 unspecified atom stereocenters. The predicted octanol–water partition coefficient (Wildman–Crippen LogP) is 2.94. The highest BCUT2D eigenvalue weighted by atomic mass is 127. The Bertz CT molecular complexity index is 629. The number of ether oxygens (including phenoxy) is 4. The first kappa shape index (κ1) is 22.4. The first-order chi connectivity index (χ1) is 12.4. The number of methoxy groups -OCH3 is 2. The monoisotopic (exact) mass is 477 g/mol. The van der Waals surface area contributed by atoms with Crippen molar-refractivity contribution in [2.45, 2.75) is 19.9 Å². The number of hydrogen-bond acceptors (Lipinski definition) is 7. The van der Waals surface area contributed by atoms with Crippen molar-refractivity contribution >= 4 is 40.0 Å². The lowest BCUT2D eigenvalue weighted by atomic mass is 10.0. The number of hydrogen-bond donors (Lipinski definition) is 1. The minimum atomic E-state index is -0.945. The summed E-state index contributed by atoms with van der Waals surface area (Å²) in [6.07, 6.45) is 0. The molecule has 1 aromatic rings. The highest BCUT2D eigenvalue weighted by molar-refractivity contribution is 14.1. The molecule has 26 heavy (non-hydrogen) atoms. The molecule has 1 aromatic carbocycles. The lowest BCUT2D eigenvalue weighted by molar-refractivity contribution is -0.143. The van der Waals surface area contributed by atoms with Crippen LogP contribution in [0.1, 0.15) is 13.8 Å². The molecule has 0 bridgehead atoms. The number of halogens is 1. The first-order valence-electron chi connectivity index (χ1n) is 7.97.